The zero-order valence-corrected chi connectivity index (χ0v) is 18.8. The number of hydrogen-bond acceptors (Lipinski definition) is 4. The highest BCUT2D eigenvalue weighted by Gasteiger charge is 2.20. The van der Waals surface area contributed by atoms with Gasteiger partial charge in [-0.3, -0.25) is 4.79 Å². The Labute approximate surface area is 190 Å². The Morgan fingerprint density at radius 1 is 1.25 bits per heavy atom. The Kier molecular flexibility index (Phi) is 8.10. The molecule has 1 aliphatic carbocycles. The van der Waals surface area contributed by atoms with E-state index in [1.165, 1.54) is 5.56 Å². The number of nitrogens with zero attached hydrogens (tertiary/aromatic N) is 1. The van der Waals surface area contributed by atoms with Gasteiger partial charge in [0.2, 0.25) is 0 Å². The van der Waals surface area contributed by atoms with Crippen LogP contribution < -0.4 is 14.8 Å². The van der Waals surface area contributed by atoms with Gasteiger partial charge in [0.1, 0.15) is 18.2 Å². The molecule has 0 aromatic heterocycles. The van der Waals surface area contributed by atoms with E-state index in [0.717, 1.165) is 36.8 Å². The molecule has 1 N–H and O–H groups in total. The van der Waals surface area contributed by atoms with Crippen molar-refractivity contribution in [3.63, 3.8) is 0 Å². The second-order valence-corrected chi connectivity index (χ2v) is 8.10. The van der Waals surface area contributed by atoms with Crippen LogP contribution in [0, 0.1) is 18.3 Å². The van der Waals surface area contributed by atoms with Crippen molar-refractivity contribution >= 4 is 12.0 Å². The summed E-state index contributed by atoms with van der Waals surface area (Å²) in [6.07, 6.45) is 8.12. The van der Waals surface area contributed by atoms with Crippen molar-refractivity contribution in [3.05, 3.63) is 76.9 Å². The SMILES string of the molecule is C=CCc1cc(/C=C(/C#N)C(=O)NC2CCCC2)cc(OC)c1OCc1ccc(C)cc1. The van der Waals surface area contributed by atoms with E-state index >= 15 is 0 Å². The highest BCUT2D eigenvalue weighted by molar-refractivity contribution is 6.01. The smallest absolute Gasteiger partial charge is 0.262 e. The van der Waals surface area contributed by atoms with Crippen molar-refractivity contribution in [1.29, 1.82) is 5.26 Å². The van der Waals surface area contributed by atoms with Crippen molar-refractivity contribution in [3.8, 4) is 17.6 Å². The molecule has 1 aliphatic rings. The summed E-state index contributed by atoms with van der Waals surface area (Å²) in [6, 6.07) is 14.1. The summed E-state index contributed by atoms with van der Waals surface area (Å²) in [5.74, 6) is 0.860. The van der Waals surface area contributed by atoms with Crippen molar-refractivity contribution in [2.45, 2.75) is 51.7 Å². The summed E-state index contributed by atoms with van der Waals surface area (Å²) < 4.78 is 11.7. The molecule has 5 nitrogen and oxygen atoms in total. The second kappa shape index (κ2) is 11.2. The van der Waals surface area contributed by atoms with Gasteiger partial charge < -0.3 is 14.8 Å². The number of methoxy groups -OCH3 is 1. The molecule has 166 valence electrons. The topological polar surface area (TPSA) is 71.4 Å². The largest absolute Gasteiger partial charge is 0.493 e. The molecule has 0 saturated heterocycles. The summed E-state index contributed by atoms with van der Waals surface area (Å²) in [5.41, 5.74) is 3.92. The van der Waals surface area contributed by atoms with Crippen LogP contribution >= 0.6 is 0 Å². The minimum Gasteiger partial charge on any atom is -0.493 e. The van der Waals surface area contributed by atoms with Crippen molar-refractivity contribution in [1.82, 2.24) is 5.32 Å². The Hall–Kier alpha value is -3.52. The van der Waals surface area contributed by atoms with Crippen LogP contribution in [0.25, 0.3) is 6.08 Å². The summed E-state index contributed by atoms with van der Waals surface area (Å²) in [7, 11) is 1.58. The third-order valence-electron chi connectivity index (χ3n) is 5.61. The third-order valence-corrected chi connectivity index (χ3v) is 5.61. The molecule has 2 aromatic rings. The predicted octanol–water partition coefficient (Wildman–Crippen LogP) is 5.28. The van der Waals surface area contributed by atoms with E-state index in [4.69, 9.17) is 9.47 Å². The summed E-state index contributed by atoms with van der Waals surface area (Å²) >= 11 is 0. The first kappa shape index (κ1) is 23.1. The van der Waals surface area contributed by atoms with Crippen LogP contribution in [-0.4, -0.2) is 19.1 Å². The number of ether oxygens (including phenoxy) is 2. The highest BCUT2D eigenvalue weighted by atomic mass is 16.5. The van der Waals surface area contributed by atoms with Gasteiger partial charge in [0.25, 0.3) is 5.91 Å². The molecule has 0 unspecified atom stereocenters. The fourth-order valence-electron chi connectivity index (χ4n) is 3.88. The Balaban J connectivity index is 1.86. The Bertz CT molecular complexity index is 1030. The molecule has 0 bridgehead atoms. The van der Waals surface area contributed by atoms with Gasteiger partial charge in [-0.05, 0) is 55.5 Å². The quantitative estimate of drug-likeness (QED) is 0.334. The average molecular weight is 431 g/mol. The van der Waals surface area contributed by atoms with Crippen molar-refractivity contribution in [2.75, 3.05) is 7.11 Å². The number of carbonyl (C=O) groups is 1. The molecule has 0 spiro atoms. The van der Waals surface area contributed by atoms with Gasteiger partial charge in [0, 0.05) is 11.6 Å². The lowest BCUT2D eigenvalue weighted by atomic mass is 10.0. The van der Waals surface area contributed by atoms with Crippen LogP contribution in [0.4, 0.5) is 0 Å². The van der Waals surface area contributed by atoms with Crippen LogP contribution in [0.15, 0.2) is 54.6 Å². The number of nitriles is 1. The normalized spacial score (nSPS) is 14.0. The van der Waals surface area contributed by atoms with Crippen LogP contribution in [0.5, 0.6) is 11.5 Å². The number of allylic oxidation sites excluding steroid dienone is 1. The number of carbonyl (C=O) groups excluding carboxylic acids is 1. The van der Waals surface area contributed by atoms with E-state index in [-0.39, 0.29) is 17.5 Å². The monoisotopic (exact) mass is 430 g/mol. The first-order valence-electron chi connectivity index (χ1n) is 11.0. The molecule has 0 radical (unpaired) electrons. The van der Waals surface area contributed by atoms with E-state index in [1.54, 1.807) is 25.3 Å². The van der Waals surface area contributed by atoms with E-state index in [9.17, 15) is 10.1 Å². The van der Waals surface area contributed by atoms with Crippen molar-refractivity contribution < 1.29 is 14.3 Å². The van der Waals surface area contributed by atoms with Gasteiger partial charge in [0.15, 0.2) is 11.5 Å². The van der Waals surface area contributed by atoms with E-state index in [2.05, 4.69) is 24.0 Å². The number of amides is 1. The first-order valence-corrected chi connectivity index (χ1v) is 11.0. The molecule has 2 aromatic carbocycles. The molecule has 1 saturated carbocycles. The van der Waals surface area contributed by atoms with E-state index in [1.807, 2.05) is 31.2 Å². The van der Waals surface area contributed by atoms with Gasteiger partial charge >= 0.3 is 0 Å². The summed E-state index contributed by atoms with van der Waals surface area (Å²) in [6.45, 7) is 6.30. The van der Waals surface area contributed by atoms with Gasteiger partial charge in [0.05, 0.1) is 7.11 Å². The molecule has 0 aliphatic heterocycles. The summed E-state index contributed by atoms with van der Waals surface area (Å²) in [4.78, 5) is 12.6. The fraction of sp³-hybridized carbons (Fsp3) is 0.333. The lowest BCUT2D eigenvalue weighted by Crippen LogP contribution is -2.33. The molecule has 5 heteroatoms. The van der Waals surface area contributed by atoms with Gasteiger partial charge in [-0.2, -0.15) is 5.26 Å². The lowest BCUT2D eigenvalue weighted by Gasteiger charge is -2.16. The predicted molar refractivity (Wildman–Crippen MR) is 126 cm³/mol. The van der Waals surface area contributed by atoms with Crippen LogP contribution in [0.1, 0.15) is 47.9 Å². The first-order chi connectivity index (χ1) is 15.5. The number of hydrogen-bond donors (Lipinski definition) is 1. The number of aryl methyl sites for hydroxylation is 1. The molecule has 0 atom stereocenters. The average Bonchev–Trinajstić information content (AvgIpc) is 3.30. The number of benzene rings is 2. The maximum absolute atomic E-state index is 12.6. The zero-order valence-electron chi connectivity index (χ0n) is 18.8. The molecular formula is C27H30N2O3. The molecule has 1 fully saturated rings. The molecular weight excluding hydrogens is 400 g/mol. The highest BCUT2D eigenvalue weighted by Crippen LogP contribution is 2.35. The Morgan fingerprint density at radius 2 is 1.97 bits per heavy atom. The van der Waals surface area contributed by atoms with Crippen LogP contribution in [-0.2, 0) is 17.8 Å². The van der Waals surface area contributed by atoms with Gasteiger partial charge in [-0.1, -0.05) is 48.7 Å². The van der Waals surface area contributed by atoms with Gasteiger partial charge in [-0.15, -0.1) is 6.58 Å². The standard InChI is InChI=1S/C27H30N2O3/c1-4-7-22-14-21(15-23(17-28)27(30)29-24-8-5-6-9-24)16-25(31-3)26(22)32-18-20-12-10-19(2)11-13-20/h4,10-16,24H,1,5-9,18H2,2-3H3,(H,29,30)/b23-15-. The maximum Gasteiger partial charge on any atom is 0.262 e. The molecule has 0 heterocycles. The number of rotatable bonds is 9. The Morgan fingerprint density at radius 3 is 2.59 bits per heavy atom. The van der Waals surface area contributed by atoms with Gasteiger partial charge in [-0.25, -0.2) is 0 Å². The summed E-state index contributed by atoms with van der Waals surface area (Å²) in [5, 5.41) is 12.5. The van der Waals surface area contributed by atoms with E-state index < -0.39 is 0 Å². The molecule has 1 amide bonds. The maximum atomic E-state index is 12.6. The minimum atomic E-state index is -0.330. The third kappa shape index (κ3) is 6.01. The molecule has 3 rings (SSSR count). The second-order valence-electron chi connectivity index (χ2n) is 8.10. The van der Waals surface area contributed by atoms with Crippen LogP contribution in [0.2, 0.25) is 0 Å². The van der Waals surface area contributed by atoms with Crippen molar-refractivity contribution in [2.24, 2.45) is 0 Å². The minimum absolute atomic E-state index is 0.0804. The number of nitrogens with one attached hydrogen (secondary N) is 1. The fourth-order valence-corrected chi connectivity index (χ4v) is 3.88. The van der Waals surface area contributed by atoms with E-state index in [0.29, 0.717) is 30.1 Å². The molecule has 32 heavy (non-hydrogen) atoms. The van der Waals surface area contributed by atoms with Crippen LogP contribution in [0.3, 0.4) is 0 Å². The zero-order chi connectivity index (χ0) is 22.9. The lowest BCUT2D eigenvalue weighted by molar-refractivity contribution is -0.117.